The molecule has 2 aromatic rings. The third-order valence-corrected chi connectivity index (χ3v) is 2.57. The largest absolute Gasteiger partial charge is 0.435 e. The number of nitrogens with zero attached hydrogens (tertiary/aromatic N) is 2. The molecule has 0 atom stereocenters. The van der Waals surface area contributed by atoms with Gasteiger partial charge in [0.2, 0.25) is 0 Å². The molecule has 0 spiro atoms. The highest BCUT2D eigenvalue weighted by atomic mass is 19.3. The van der Waals surface area contributed by atoms with Crippen molar-refractivity contribution in [3.8, 4) is 17.0 Å². The SMILES string of the molecule is CCn1cc(C=O)c(-c2cccc(OC(F)F)c2)n1. The second-order valence-corrected chi connectivity index (χ2v) is 3.81. The summed E-state index contributed by atoms with van der Waals surface area (Å²) < 4.78 is 30.3. The van der Waals surface area contributed by atoms with Gasteiger partial charge in [-0.3, -0.25) is 9.48 Å². The Morgan fingerprint density at radius 2 is 2.26 bits per heavy atom. The van der Waals surface area contributed by atoms with E-state index in [1.807, 2.05) is 6.92 Å². The number of rotatable bonds is 5. The molecule has 0 amide bonds. The molecule has 0 bridgehead atoms. The summed E-state index contributed by atoms with van der Waals surface area (Å²) in [4.78, 5) is 11.0. The van der Waals surface area contributed by atoms with Crippen LogP contribution >= 0.6 is 0 Å². The molecule has 1 aromatic carbocycles. The van der Waals surface area contributed by atoms with Crippen LogP contribution in [0.4, 0.5) is 8.78 Å². The van der Waals surface area contributed by atoms with E-state index in [-0.39, 0.29) is 5.75 Å². The van der Waals surface area contributed by atoms with Gasteiger partial charge in [-0.1, -0.05) is 12.1 Å². The first-order valence-electron chi connectivity index (χ1n) is 5.72. The van der Waals surface area contributed by atoms with Crippen LogP contribution in [-0.4, -0.2) is 22.7 Å². The van der Waals surface area contributed by atoms with Crippen molar-refractivity contribution >= 4 is 6.29 Å². The fourth-order valence-corrected chi connectivity index (χ4v) is 1.73. The molecule has 19 heavy (non-hydrogen) atoms. The van der Waals surface area contributed by atoms with Crippen molar-refractivity contribution in [1.82, 2.24) is 9.78 Å². The molecule has 1 heterocycles. The minimum Gasteiger partial charge on any atom is -0.435 e. The lowest BCUT2D eigenvalue weighted by molar-refractivity contribution is -0.0498. The minimum atomic E-state index is -2.88. The van der Waals surface area contributed by atoms with Gasteiger partial charge in [-0.05, 0) is 19.1 Å². The highest BCUT2D eigenvalue weighted by molar-refractivity contribution is 5.85. The van der Waals surface area contributed by atoms with E-state index in [0.29, 0.717) is 29.7 Å². The van der Waals surface area contributed by atoms with Crippen LogP contribution in [0.1, 0.15) is 17.3 Å². The summed E-state index contributed by atoms with van der Waals surface area (Å²) in [5, 5.41) is 4.23. The van der Waals surface area contributed by atoms with Gasteiger partial charge in [0.1, 0.15) is 11.4 Å². The third kappa shape index (κ3) is 2.96. The zero-order valence-electron chi connectivity index (χ0n) is 10.2. The van der Waals surface area contributed by atoms with Crippen LogP contribution < -0.4 is 4.74 Å². The molecule has 0 fully saturated rings. The maximum Gasteiger partial charge on any atom is 0.387 e. The number of hydrogen-bond acceptors (Lipinski definition) is 3. The van der Waals surface area contributed by atoms with Crippen LogP contribution in [0.15, 0.2) is 30.5 Å². The Bertz CT molecular complexity index is 582. The highest BCUT2D eigenvalue weighted by Crippen LogP contribution is 2.25. The third-order valence-electron chi connectivity index (χ3n) is 2.57. The molecule has 1 aromatic heterocycles. The number of benzene rings is 1. The number of ether oxygens (including phenoxy) is 1. The Hall–Kier alpha value is -2.24. The predicted octanol–water partition coefficient (Wildman–Crippen LogP) is 2.98. The van der Waals surface area contributed by atoms with Crippen molar-refractivity contribution in [1.29, 1.82) is 0 Å². The van der Waals surface area contributed by atoms with Gasteiger partial charge in [-0.25, -0.2) is 0 Å². The zero-order valence-corrected chi connectivity index (χ0v) is 10.2. The monoisotopic (exact) mass is 266 g/mol. The average molecular weight is 266 g/mol. The molecule has 0 aliphatic heterocycles. The topological polar surface area (TPSA) is 44.1 Å². The van der Waals surface area contributed by atoms with E-state index in [4.69, 9.17) is 0 Å². The van der Waals surface area contributed by atoms with Crippen LogP contribution in [0, 0.1) is 0 Å². The summed E-state index contributed by atoms with van der Waals surface area (Å²) >= 11 is 0. The Balaban J connectivity index is 2.40. The molecule has 0 radical (unpaired) electrons. The van der Waals surface area contributed by atoms with Gasteiger partial charge in [0.25, 0.3) is 0 Å². The van der Waals surface area contributed by atoms with E-state index >= 15 is 0 Å². The predicted molar refractivity (Wildman–Crippen MR) is 65.4 cm³/mol. The molecule has 6 heteroatoms. The van der Waals surface area contributed by atoms with Crippen molar-refractivity contribution in [2.45, 2.75) is 20.1 Å². The van der Waals surface area contributed by atoms with Crippen LogP contribution in [0.3, 0.4) is 0 Å². The van der Waals surface area contributed by atoms with Gasteiger partial charge in [-0.2, -0.15) is 13.9 Å². The molecule has 0 aliphatic rings. The average Bonchev–Trinajstić information content (AvgIpc) is 2.81. The summed E-state index contributed by atoms with van der Waals surface area (Å²) in [5.74, 6) is 0.0374. The quantitative estimate of drug-likeness (QED) is 0.781. The summed E-state index contributed by atoms with van der Waals surface area (Å²) in [6.07, 6.45) is 2.30. The second kappa shape index (κ2) is 5.60. The van der Waals surface area contributed by atoms with Gasteiger partial charge in [0.15, 0.2) is 6.29 Å². The minimum absolute atomic E-state index is 0.0374. The van der Waals surface area contributed by atoms with Gasteiger partial charge in [0.05, 0.1) is 5.56 Å². The van der Waals surface area contributed by atoms with Crippen molar-refractivity contribution < 1.29 is 18.3 Å². The molecule has 2 rings (SSSR count). The van der Waals surface area contributed by atoms with Gasteiger partial charge < -0.3 is 4.74 Å². The van der Waals surface area contributed by atoms with Gasteiger partial charge in [0, 0.05) is 18.3 Å². The lowest BCUT2D eigenvalue weighted by Crippen LogP contribution is -2.01. The van der Waals surface area contributed by atoms with Crippen molar-refractivity contribution in [3.05, 3.63) is 36.0 Å². The summed E-state index contributed by atoms with van der Waals surface area (Å²) in [6, 6.07) is 6.12. The molecule has 4 nitrogen and oxygen atoms in total. The standard InChI is InChI=1S/C13H12F2N2O2/c1-2-17-7-10(8-18)12(16-17)9-4-3-5-11(6-9)19-13(14)15/h3-8,13H,2H2,1H3. The Morgan fingerprint density at radius 1 is 1.47 bits per heavy atom. The number of aryl methyl sites for hydroxylation is 1. The van der Waals surface area contributed by atoms with Gasteiger partial charge in [-0.15, -0.1) is 0 Å². The van der Waals surface area contributed by atoms with Crippen LogP contribution in [-0.2, 0) is 6.54 Å². The van der Waals surface area contributed by atoms with Gasteiger partial charge >= 0.3 is 6.61 Å². The van der Waals surface area contributed by atoms with E-state index < -0.39 is 6.61 Å². The van der Waals surface area contributed by atoms with E-state index in [0.717, 1.165) is 0 Å². The zero-order chi connectivity index (χ0) is 13.8. The molecule has 0 N–H and O–H groups in total. The van der Waals surface area contributed by atoms with Crippen molar-refractivity contribution in [2.24, 2.45) is 0 Å². The smallest absolute Gasteiger partial charge is 0.387 e. The van der Waals surface area contributed by atoms with E-state index in [2.05, 4.69) is 9.84 Å². The number of aldehydes is 1. The molecule has 0 saturated heterocycles. The molecular formula is C13H12F2N2O2. The first-order valence-corrected chi connectivity index (χ1v) is 5.72. The molecule has 0 saturated carbocycles. The van der Waals surface area contributed by atoms with Crippen LogP contribution in [0.2, 0.25) is 0 Å². The van der Waals surface area contributed by atoms with Crippen LogP contribution in [0.5, 0.6) is 5.75 Å². The fraction of sp³-hybridized carbons (Fsp3) is 0.231. The first-order chi connectivity index (χ1) is 9.13. The molecular weight excluding hydrogens is 254 g/mol. The number of alkyl halides is 2. The lowest BCUT2D eigenvalue weighted by Gasteiger charge is -2.05. The van der Waals surface area contributed by atoms with Crippen molar-refractivity contribution in [3.63, 3.8) is 0 Å². The number of carbonyl (C=O) groups is 1. The number of carbonyl (C=O) groups excluding carboxylic acids is 1. The van der Waals surface area contributed by atoms with E-state index in [1.165, 1.54) is 12.1 Å². The first kappa shape index (κ1) is 13.2. The maximum atomic E-state index is 12.2. The maximum absolute atomic E-state index is 12.2. The van der Waals surface area contributed by atoms with Crippen molar-refractivity contribution in [2.75, 3.05) is 0 Å². The lowest BCUT2D eigenvalue weighted by atomic mass is 10.1. The fourth-order valence-electron chi connectivity index (χ4n) is 1.73. The Kier molecular flexibility index (Phi) is 3.89. The Labute approximate surface area is 108 Å². The molecule has 100 valence electrons. The molecule has 0 aliphatic carbocycles. The normalized spacial score (nSPS) is 10.7. The highest BCUT2D eigenvalue weighted by Gasteiger charge is 2.12. The summed E-state index contributed by atoms with van der Waals surface area (Å²) in [7, 11) is 0. The summed E-state index contributed by atoms with van der Waals surface area (Å²) in [6.45, 7) is -0.371. The number of hydrogen-bond donors (Lipinski definition) is 0. The second-order valence-electron chi connectivity index (χ2n) is 3.81. The molecule has 0 unspecified atom stereocenters. The number of aromatic nitrogens is 2. The number of halogens is 2. The summed E-state index contributed by atoms with van der Waals surface area (Å²) in [5.41, 5.74) is 1.43. The van der Waals surface area contributed by atoms with Crippen LogP contribution in [0.25, 0.3) is 11.3 Å². The Morgan fingerprint density at radius 3 is 2.89 bits per heavy atom. The van der Waals surface area contributed by atoms with E-state index in [1.54, 1.807) is 23.0 Å². The van der Waals surface area contributed by atoms with E-state index in [9.17, 15) is 13.6 Å².